The average Bonchev–Trinajstić information content (AvgIpc) is 3.37. The Morgan fingerprint density at radius 2 is 1.88 bits per heavy atom. The molecule has 2 N–H and O–H groups in total. The largest absolute Gasteiger partial charge is 0.435 e. The zero-order valence-electron chi connectivity index (χ0n) is 16.2. The molecule has 3 aromatic heterocycles. The van der Waals surface area contributed by atoms with Gasteiger partial charge in [-0.25, -0.2) is 28.2 Å². The molecule has 0 aliphatic carbocycles. The zero-order chi connectivity index (χ0) is 22.4. The minimum Gasteiger partial charge on any atom is -0.245 e. The highest BCUT2D eigenvalue weighted by molar-refractivity contribution is 7.89. The molecule has 0 aliphatic rings. The first-order valence-corrected chi connectivity index (χ1v) is 11.2. The van der Waals surface area contributed by atoms with Gasteiger partial charge in [0.1, 0.15) is 4.90 Å². The summed E-state index contributed by atoms with van der Waals surface area (Å²) in [7, 11) is -4.26. The molecule has 4 aromatic rings. The molecule has 0 spiro atoms. The second-order valence-corrected chi connectivity index (χ2v) is 8.85. The normalized spacial score (nSPS) is 11.9. The van der Waals surface area contributed by atoms with E-state index in [9.17, 15) is 21.6 Å². The molecule has 3 heterocycles. The Morgan fingerprint density at radius 3 is 2.47 bits per heavy atom. The first kappa shape index (κ1) is 23.9. The van der Waals surface area contributed by atoms with Crippen LogP contribution in [-0.2, 0) is 16.2 Å². The Labute approximate surface area is 191 Å². The first-order valence-electron chi connectivity index (χ1n) is 8.71. The molecule has 0 atom stereocenters. The lowest BCUT2D eigenvalue weighted by Gasteiger charge is -2.11. The predicted octanol–water partition coefficient (Wildman–Crippen LogP) is 4.45. The van der Waals surface area contributed by atoms with Crippen molar-refractivity contribution in [3.8, 4) is 28.3 Å². The lowest BCUT2D eigenvalue weighted by Crippen LogP contribution is -2.17. The van der Waals surface area contributed by atoms with Crippen molar-refractivity contribution in [3.63, 3.8) is 0 Å². The molecule has 0 bridgehead atoms. The predicted molar refractivity (Wildman–Crippen MR) is 116 cm³/mol. The minimum atomic E-state index is -4.74. The Morgan fingerprint density at radius 1 is 1.12 bits per heavy atom. The number of primary sulfonamides is 1. The van der Waals surface area contributed by atoms with Gasteiger partial charge >= 0.3 is 6.18 Å². The summed E-state index contributed by atoms with van der Waals surface area (Å²) in [6, 6.07) is 8.37. The number of thiazole rings is 1. The molecule has 0 amide bonds. The van der Waals surface area contributed by atoms with Gasteiger partial charge < -0.3 is 0 Å². The molecule has 168 valence electrons. The van der Waals surface area contributed by atoms with Crippen LogP contribution in [0.1, 0.15) is 11.3 Å². The molecule has 0 fully saturated rings. The fraction of sp³-hybridized carbons (Fsp3) is 0.105. The van der Waals surface area contributed by atoms with Crippen LogP contribution in [0.25, 0.3) is 28.3 Å². The third-order valence-corrected chi connectivity index (χ3v) is 6.01. The van der Waals surface area contributed by atoms with Crippen LogP contribution in [0.3, 0.4) is 0 Å². The quantitative estimate of drug-likeness (QED) is 0.445. The van der Waals surface area contributed by atoms with Crippen molar-refractivity contribution < 1.29 is 21.6 Å². The molecular formula is C19H15ClF3N5O2S2. The van der Waals surface area contributed by atoms with E-state index in [0.717, 1.165) is 33.6 Å². The maximum Gasteiger partial charge on any atom is 0.435 e. The van der Waals surface area contributed by atoms with E-state index in [1.807, 2.05) is 5.38 Å². The lowest BCUT2D eigenvalue weighted by molar-refractivity contribution is -0.141. The standard InChI is InChI=1S/C19H14F3N5O2S2.ClH/c1-11-7-12(4-5-13(11)14-9-30-10-25-14)15-8-17(19(20,21)22)26-27(15)18-16(31(23,28)29)3-2-6-24-18;/h2-10H,1H3,(H2,23,28,29);1H. The minimum absolute atomic E-state index is 0. The van der Waals surface area contributed by atoms with Crippen molar-refractivity contribution in [2.45, 2.75) is 18.0 Å². The van der Waals surface area contributed by atoms with E-state index in [1.54, 1.807) is 30.6 Å². The summed E-state index contributed by atoms with van der Waals surface area (Å²) in [6.45, 7) is 1.81. The first-order chi connectivity index (χ1) is 14.6. The smallest absolute Gasteiger partial charge is 0.245 e. The van der Waals surface area contributed by atoms with E-state index in [-0.39, 0.29) is 23.9 Å². The van der Waals surface area contributed by atoms with Crippen molar-refractivity contribution in [1.29, 1.82) is 0 Å². The fourth-order valence-electron chi connectivity index (χ4n) is 3.11. The van der Waals surface area contributed by atoms with E-state index in [1.165, 1.54) is 23.6 Å². The van der Waals surface area contributed by atoms with Crippen LogP contribution in [-0.4, -0.2) is 28.2 Å². The van der Waals surface area contributed by atoms with Gasteiger partial charge in [-0.15, -0.1) is 23.7 Å². The van der Waals surface area contributed by atoms with Crippen LogP contribution < -0.4 is 5.14 Å². The summed E-state index contributed by atoms with van der Waals surface area (Å²) < 4.78 is 65.1. The van der Waals surface area contributed by atoms with Gasteiger partial charge in [0.05, 0.1) is 16.9 Å². The molecule has 7 nitrogen and oxygen atoms in total. The summed E-state index contributed by atoms with van der Waals surface area (Å²) in [6.07, 6.45) is -3.49. The number of aryl methyl sites for hydroxylation is 1. The average molecular weight is 502 g/mol. The summed E-state index contributed by atoms with van der Waals surface area (Å²) >= 11 is 1.43. The number of hydrogen-bond acceptors (Lipinski definition) is 6. The maximum atomic E-state index is 13.4. The van der Waals surface area contributed by atoms with Gasteiger partial charge in [0.25, 0.3) is 0 Å². The molecule has 13 heteroatoms. The van der Waals surface area contributed by atoms with Crippen LogP contribution in [0.15, 0.2) is 58.4 Å². The Balaban J connectivity index is 0.00000289. The van der Waals surface area contributed by atoms with Crippen molar-refractivity contribution in [3.05, 3.63) is 64.7 Å². The summed E-state index contributed by atoms with van der Waals surface area (Å²) in [5.74, 6) is -0.322. The monoisotopic (exact) mass is 501 g/mol. The molecule has 1 aromatic carbocycles. The zero-order valence-corrected chi connectivity index (χ0v) is 18.7. The van der Waals surface area contributed by atoms with Gasteiger partial charge in [-0.1, -0.05) is 12.1 Å². The Kier molecular flexibility index (Phi) is 6.43. The highest BCUT2D eigenvalue weighted by atomic mass is 35.5. The van der Waals surface area contributed by atoms with E-state index < -0.39 is 26.8 Å². The number of pyridine rings is 1. The number of halogens is 4. The number of nitrogens with two attached hydrogens (primary N) is 1. The number of alkyl halides is 3. The van der Waals surface area contributed by atoms with Gasteiger partial charge in [0.15, 0.2) is 11.5 Å². The van der Waals surface area contributed by atoms with Gasteiger partial charge in [0, 0.05) is 22.7 Å². The molecule has 0 radical (unpaired) electrons. The summed E-state index contributed by atoms with van der Waals surface area (Å²) in [5, 5.41) is 10.7. The van der Waals surface area contributed by atoms with Crippen molar-refractivity contribution in [2.24, 2.45) is 5.14 Å². The van der Waals surface area contributed by atoms with E-state index in [2.05, 4.69) is 15.1 Å². The van der Waals surface area contributed by atoms with Crippen LogP contribution in [0.4, 0.5) is 13.2 Å². The number of benzene rings is 1. The highest BCUT2D eigenvalue weighted by Crippen LogP contribution is 2.35. The van der Waals surface area contributed by atoms with Crippen LogP contribution in [0.5, 0.6) is 0 Å². The second kappa shape index (κ2) is 8.62. The van der Waals surface area contributed by atoms with Crippen molar-refractivity contribution in [1.82, 2.24) is 19.7 Å². The van der Waals surface area contributed by atoms with Gasteiger partial charge in [-0.3, -0.25) is 0 Å². The number of sulfonamides is 1. The third-order valence-electron chi connectivity index (χ3n) is 4.49. The second-order valence-electron chi connectivity index (χ2n) is 6.60. The van der Waals surface area contributed by atoms with E-state index >= 15 is 0 Å². The highest BCUT2D eigenvalue weighted by Gasteiger charge is 2.36. The number of aromatic nitrogens is 4. The number of nitrogens with zero attached hydrogens (tertiary/aromatic N) is 4. The van der Waals surface area contributed by atoms with Gasteiger partial charge in [-0.05, 0) is 36.8 Å². The maximum absolute atomic E-state index is 13.4. The summed E-state index contributed by atoms with van der Waals surface area (Å²) in [5.41, 5.74) is 3.26. The van der Waals surface area contributed by atoms with Gasteiger partial charge in [-0.2, -0.15) is 18.3 Å². The molecule has 0 unspecified atom stereocenters. The lowest BCUT2D eigenvalue weighted by atomic mass is 10.0. The molecule has 4 rings (SSSR count). The van der Waals surface area contributed by atoms with Crippen molar-refractivity contribution >= 4 is 33.8 Å². The molecule has 0 saturated heterocycles. The third kappa shape index (κ3) is 4.53. The van der Waals surface area contributed by atoms with Crippen LogP contribution >= 0.6 is 23.7 Å². The Hall–Kier alpha value is -2.80. The topological polar surface area (TPSA) is 104 Å². The SMILES string of the molecule is Cc1cc(-c2cc(C(F)(F)F)nn2-c2ncccc2S(N)(=O)=O)ccc1-c1cscn1.Cl. The van der Waals surface area contributed by atoms with Crippen LogP contribution in [0.2, 0.25) is 0 Å². The molecule has 0 saturated carbocycles. The number of rotatable bonds is 4. The van der Waals surface area contributed by atoms with E-state index in [4.69, 9.17) is 5.14 Å². The molecular weight excluding hydrogens is 487 g/mol. The Bertz CT molecular complexity index is 1370. The number of hydrogen-bond donors (Lipinski definition) is 1. The van der Waals surface area contributed by atoms with Crippen molar-refractivity contribution in [2.75, 3.05) is 0 Å². The molecule has 0 aliphatic heterocycles. The van der Waals surface area contributed by atoms with Gasteiger partial charge in [0.2, 0.25) is 10.0 Å². The van der Waals surface area contributed by atoms with Crippen LogP contribution in [0, 0.1) is 6.92 Å². The molecule has 32 heavy (non-hydrogen) atoms. The summed E-state index contributed by atoms with van der Waals surface area (Å²) in [4.78, 5) is 7.75. The van der Waals surface area contributed by atoms with E-state index in [0.29, 0.717) is 5.56 Å². The fourth-order valence-corrected chi connectivity index (χ4v) is 4.32.